The Kier molecular flexibility index (Phi) is 7.12. The number of nitrogens with one attached hydrogen (secondary N) is 3. The second-order valence-electron chi connectivity index (χ2n) is 9.84. The van der Waals surface area contributed by atoms with Gasteiger partial charge in [-0.05, 0) is 43.2 Å². The van der Waals surface area contributed by atoms with E-state index >= 15 is 0 Å². The summed E-state index contributed by atoms with van der Waals surface area (Å²) in [5.41, 5.74) is 2.02. The zero-order chi connectivity index (χ0) is 27.6. The fourth-order valence-corrected chi connectivity index (χ4v) is 6.67. The van der Waals surface area contributed by atoms with Gasteiger partial charge in [0.2, 0.25) is 17.7 Å². The topological polar surface area (TPSA) is 126 Å². The average molecular weight is 557 g/mol. The summed E-state index contributed by atoms with van der Waals surface area (Å²) >= 11 is 1.34. The lowest BCUT2D eigenvalue weighted by atomic mass is 9.89. The number of para-hydroxylation sites is 1. The third-order valence-electron chi connectivity index (χ3n) is 7.32. The summed E-state index contributed by atoms with van der Waals surface area (Å²) in [6.07, 6.45) is 7.97. The number of nitrogens with zero attached hydrogens (tertiary/aromatic N) is 3. The van der Waals surface area contributed by atoms with Gasteiger partial charge in [-0.3, -0.25) is 14.5 Å². The van der Waals surface area contributed by atoms with E-state index in [0.29, 0.717) is 28.0 Å². The first-order chi connectivity index (χ1) is 19.5. The Morgan fingerprint density at radius 3 is 2.55 bits per heavy atom. The molecule has 3 aliphatic rings. The molecule has 1 saturated carbocycles. The van der Waals surface area contributed by atoms with E-state index in [9.17, 15) is 14.4 Å². The molecule has 1 fully saturated rings. The summed E-state index contributed by atoms with van der Waals surface area (Å²) in [6.45, 7) is 3.53. The van der Waals surface area contributed by atoms with E-state index in [1.165, 1.54) is 17.8 Å². The van der Waals surface area contributed by atoms with Gasteiger partial charge in [0, 0.05) is 29.9 Å². The van der Waals surface area contributed by atoms with Crippen LogP contribution in [0.2, 0.25) is 0 Å². The third kappa shape index (κ3) is 5.00. The minimum absolute atomic E-state index is 0.163. The van der Waals surface area contributed by atoms with Gasteiger partial charge in [-0.2, -0.15) is 0 Å². The van der Waals surface area contributed by atoms with Gasteiger partial charge < -0.3 is 20.7 Å². The monoisotopic (exact) mass is 556 g/mol. The van der Waals surface area contributed by atoms with Crippen molar-refractivity contribution in [3.63, 3.8) is 0 Å². The first kappa shape index (κ1) is 25.9. The Labute approximate surface area is 235 Å². The Hall–Kier alpha value is -4.38. The number of hydrogen-bond acceptors (Lipinski definition) is 7. The molecule has 6 rings (SSSR count). The standard InChI is InChI=1S/C29H28N6O4S/c1-2-22(36)32-19-10-6-7-11-20(19)33-27(37)26-25-24-21(14-15-30-28(24)40-26)35(29(38)34-25)17-12-13-23(31-16-17)39-18-8-4-3-5-9-18/h2-5,8-9,12-16,19-20,25-26H,1,6-7,10-11H2,(H,32,36)(H,33,37)(H,34,38)/t19-,20+,25?,26?/m0/s1. The molecule has 0 radical (unpaired) electrons. The van der Waals surface area contributed by atoms with E-state index < -0.39 is 11.3 Å². The third-order valence-corrected chi connectivity index (χ3v) is 8.60. The van der Waals surface area contributed by atoms with Crippen LogP contribution < -0.4 is 25.6 Å². The lowest BCUT2D eigenvalue weighted by Gasteiger charge is -2.35. The summed E-state index contributed by atoms with van der Waals surface area (Å²) < 4.78 is 5.78. The Balaban J connectivity index is 1.21. The number of amides is 4. The number of anilines is 2. The van der Waals surface area contributed by atoms with Crippen molar-refractivity contribution in [3.05, 3.63) is 79.1 Å². The van der Waals surface area contributed by atoms with Gasteiger partial charge in [-0.25, -0.2) is 14.8 Å². The molecule has 1 aliphatic carbocycles. The highest BCUT2D eigenvalue weighted by Gasteiger charge is 2.47. The number of carbonyl (C=O) groups excluding carboxylic acids is 3. The van der Waals surface area contributed by atoms with Gasteiger partial charge >= 0.3 is 6.03 Å². The average Bonchev–Trinajstić information content (AvgIpc) is 3.35. The van der Waals surface area contributed by atoms with E-state index in [0.717, 1.165) is 31.2 Å². The number of urea groups is 1. The number of ether oxygens (including phenoxy) is 1. The fraction of sp³-hybridized carbons (Fsp3) is 0.276. The molecule has 4 amide bonds. The number of benzene rings is 1. The molecule has 4 heterocycles. The maximum absolute atomic E-state index is 13.6. The SMILES string of the molecule is C=CC(=O)N[C@H]1CCCC[C@H]1NC(=O)C1Sc2nccc3c2C1NC(=O)N3c1ccc(Oc2ccccc2)nc1. The van der Waals surface area contributed by atoms with Crippen molar-refractivity contribution < 1.29 is 19.1 Å². The zero-order valence-electron chi connectivity index (χ0n) is 21.6. The van der Waals surface area contributed by atoms with Crippen molar-refractivity contribution in [1.82, 2.24) is 25.9 Å². The summed E-state index contributed by atoms with van der Waals surface area (Å²) in [7, 11) is 0. The van der Waals surface area contributed by atoms with Crippen LogP contribution in [0, 0.1) is 0 Å². The largest absolute Gasteiger partial charge is 0.439 e. The maximum atomic E-state index is 13.6. The van der Waals surface area contributed by atoms with Crippen LogP contribution in [0.4, 0.5) is 16.2 Å². The number of hydrogen-bond donors (Lipinski definition) is 3. The quantitative estimate of drug-likeness (QED) is 0.369. The van der Waals surface area contributed by atoms with Crippen LogP contribution in [0.25, 0.3) is 0 Å². The zero-order valence-corrected chi connectivity index (χ0v) is 22.4. The van der Waals surface area contributed by atoms with Crippen molar-refractivity contribution in [3.8, 4) is 11.6 Å². The first-order valence-corrected chi connectivity index (χ1v) is 14.1. The number of carbonyl (C=O) groups is 3. The molecule has 204 valence electrons. The minimum atomic E-state index is -0.591. The smallest absolute Gasteiger partial charge is 0.327 e. The molecular formula is C29H28N6O4S. The fourth-order valence-electron chi connectivity index (χ4n) is 5.44. The van der Waals surface area contributed by atoms with Crippen molar-refractivity contribution in [2.45, 2.75) is 54.1 Å². The Bertz CT molecular complexity index is 1450. The minimum Gasteiger partial charge on any atom is -0.439 e. The van der Waals surface area contributed by atoms with Crippen molar-refractivity contribution >= 4 is 41.0 Å². The van der Waals surface area contributed by atoms with Gasteiger partial charge in [0.1, 0.15) is 16.0 Å². The molecule has 11 heteroatoms. The first-order valence-electron chi connectivity index (χ1n) is 13.2. The van der Waals surface area contributed by atoms with Crippen LogP contribution in [-0.2, 0) is 9.59 Å². The molecule has 1 aromatic carbocycles. The predicted molar refractivity (Wildman–Crippen MR) is 151 cm³/mol. The van der Waals surface area contributed by atoms with Gasteiger partial charge in [0.25, 0.3) is 0 Å². The van der Waals surface area contributed by atoms with Crippen LogP contribution in [0.5, 0.6) is 11.6 Å². The van der Waals surface area contributed by atoms with E-state index in [1.54, 1.807) is 35.5 Å². The highest BCUT2D eigenvalue weighted by atomic mass is 32.2. The van der Waals surface area contributed by atoms with Gasteiger partial charge in [-0.15, -0.1) is 0 Å². The lowest BCUT2D eigenvalue weighted by Crippen LogP contribution is -2.56. The molecule has 2 aliphatic heterocycles. The summed E-state index contributed by atoms with van der Waals surface area (Å²) in [6, 6.07) is 13.3. The highest BCUT2D eigenvalue weighted by Crippen LogP contribution is 2.50. The maximum Gasteiger partial charge on any atom is 0.327 e. The summed E-state index contributed by atoms with van der Waals surface area (Å²) in [4.78, 5) is 49.4. The lowest BCUT2D eigenvalue weighted by molar-refractivity contribution is -0.123. The number of aromatic nitrogens is 2. The predicted octanol–water partition coefficient (Wildman–Crippen LogP) is 4.38. The van der Waals surface area contributed by atoms with Crippen LogP contribution >= 0.6 is 11.8 Å². The van der Waals surface area contributed by atoms with Gasteiger partial charge in [-0.1, -0.05) is 49.4 Å². The molecule has 3 N–H and O–H groups in total. The van der Waals surface area contributed by atoms with Crippen molar-refractivity contribution in [2.24, 2.45) is 0 Å². The highest BCUT2D eigenvalue weighted by molar-refractivity contribution is 8.01. The van der Waals surface area contributed by atoms with Crippen molar-refractivity contribution in [2.75, 3.05) is 4.90 Å². The molecule has 2 aromatic heterocycles. The molecular weight excluding hydrogens is 528 g/mol. The summed E-state index contributed by atoms with van der Waals surface area (Å²) in [5, 5.41) is 9.21. The molecule has 0 bridgehead atoms. The molecule has 0 spiro atoms. The van der Waals surface area contributed by atoms with E-state index in [-0.39, 0.29) is 29.9 Å². The molecule has 3 aromatic rings. The van der Waals surface area contributed by atoms with Crippen LogP contribution in [0.1, 0.15) is 37.3 Å². The summed E-state index contributed by atoms with van der Waals surface area (Å²) in [5.74, 6) is 0.623. The Morgan fingerprint density at radius 1 is 1.05 bits per heavy atom. The normalized spacial score (nSPS) is 23.0. The van der Waals surface area contributed by atoms with E-state index in [4.69, 9.17) is 4.74 Å². The van der Waals surface area contributed by atoms with Crippen LogP contribution in [0.3, 0.4) is 0 Å². The van der Waals surface area contributed by atoms with Crippen molar-refractivity contribution in [1.29, 1.82) is 0 Å². The van der Waals surface area contributed by atoms with Gasteiger partial charge in [0.05, 0.1) is 23.6 Å². The van der Waals surface area contributed by atoms with Gasteiger partial charge in [0.15, 0.2) is 0 Å². The molecule has 0 saturated heterocycles. The van der Waals surface area contributed by atoms with Crippen LogP contribution in [0.15, 0.2) is 78.6 Å². The molecule has 10 nitrogen and oxygen atoms in total. The Morgan fingerprint density at radius 2 is 1.82 bits per heavy atom. The number of rotatable bonds is 7. The van der Waals surface area contributed by atoms with E-state index in [1.807, 2.05) is 30.3 Å². The molecule has 4 atom stereocenters. The second kappa shape index (κ2) is 11.0. The van der Waals surface area contributed by atoms with Crippen LogP contribution in [-0.4, -0.2) is 45.1 Å². The molecule has 2 unspecified atom stereocenters. The number of pyridine rings is 2. The van der Waals surface area contributed by atoms with E-state index in [2.05, 4.69) is 32.5 Å². The molecule has 40 heavy (non-hydrogen) atoms. The number of thioether (sulfide) groups is 1. The second-order valence-corrected chi connectivity index (χ2v) is 11.0.